The lowest BCUT2D eigenvalue weighted by atomic mass is 9.96. The summed E-state index contributed by atoms with van der Waals surface area (Å²) in [6.45, 7) is 1.40. The molecule has 0 saturated carbocycles. The Hall–Kier alpha value is -2.89. The molecule has 25 heavy (non-hydrogen) atoms. The number of carbonyl (C=O) groups excluding carboxylic acids is 1. The Morgan fingerprint density at radius 2 is 1.96 bits per heavy atom. The molecule has 0 atom stereocenters. The zero-order valence-corrected chi connectivity index (χ0v) is 13.6. The number of aromatic nitrogens is 1. The molecule has 3 aromatic rings. The lowest BCUT2D eigenvalue weighted by Gasteiger charge is -2.30. The molecule has 0 unspecified atom stereocenters. The molecule has 1 N–H and O–H groups in total. The van der Waals surface area contributed by atoms with Crippen LogP contribution in [0.2, 0.25) is 0 Å². The fraction of sp³-hybridized carbons (Fsp3) is 0.263. The number of nitrogens with zero attached hydrogens (tertiary/aromatic N) is 2. The van der Waals surface area contributed by atoms with E-state index in [2.05, 4.69) is 15.2 Å². The van der Waals surface area contributed by atoms with E-state index in [1.54, 1.807) is 12.1 Å². The number of nitrogens with one attached hydrogen (secondary N) is 1. The van der Waals surface area contributed by atoms with Gasteiger partial charge in [0.15, 0.2) is 5.58 Å². The maximum atomic E-state index is 13.2. The minimum Gasteiger partial charge on any atom is -0.423 e. The molecule has 2 heterocycles. The van der Waals surface area contributed by atoms with Gasteiger partial charge in [-0.3, -0.25) is 4.79 Å². The first kappa shape index (κ1) is 15.6. The predicted molar refractivity (Wildman–Crippen MR) is 94.0 cm³/mol. The maximum Gasteiger partial charge on any atom is 0.298 e. The molecule has 1 aromatic heterocycles. The molecule has 1 saturated heterocycles. The molecule has 1 aliphatic heterocycles. The lowest BCUT2D eigenvalue weighted by molar-refractivity contribution is -0.120. The first-order chi connectivity index (χ1) is 12.2. The van der Waals surface area contributed by atoms with E-state index in [1.165, 1.54) is 12.1 Å². The van der Waals surface area contributed by atoms with Crippen molar-refractivity contribution in [3.05, 3.63) is 54.3 Å². The molecule has 2 aromatic carbocycles. The van der Waals surface area contributed by atoms with Crippen LogP contribution in [0.1, 0.15) is 12.8 Å². The first-order valence-corrected chi connectivity index (χ1v) is 8.36. The summed E-state index contributed by atoms with van der Waals surface area (Å²) in [7, 11) is 0. The van der Waals surface area contributed by atoms with Crippen LogP contribution in [0.3, 0.4) is 0 Å². The summed E-state index contributed by atoms with van der Waals surface area (Å²) in [5.74, 6) is -0.518. The van der Waals surface area contributed by atoms with Gasteiger partial charge in [-0.2, -0.15) is 4.98 Å². The number of rotatable bonds is 3. The van der Waals surface area contributed by atoms with Crippen molar-refractivity contribution in [2.24, 2.45) is 5.92 Å². The summed E-state index contributed by atoms with van der Waals surface area (Å²) in [5, 5.41) is 2.79. The second kappa shape index (κ2) is 6.55. The van der Waals surface area contributed by atoms with Crippen LogP contribution >= 0.6 is 0 Å². The average Bonchev–Trinajstić information content (AvgIpc) is 3.06. The molecule has 4 rings (SSSR count). The number of oxazole rings is 1. The van der Waals surface area contributed by atoms with Crippen LogP contribution in [0, 0.1) is 11.7 Å². The van der Waals surface area contributed by atoms with E-state index in [0.29, 0.717) is 37.6 Å². The Balaban J connectivity index is 1.38. The van der Waals surface area contributed by atoms with Crippen molar-refractivity contribution in [1.82, 2.24) is 4.98 Å². The Labute approximate surface area is 144 Å². The Kier molecular flexibility index (Phi) is 4.09. The largest absolute Gasteiger partial charge is 0.423 e. The Morgan fingerprint density at radius 1 is 1.16 bits per heavy atom. The highest BCUT2D eigenvalue weighted by molar-refractivity contribution is 5.92. The second-order valence-electron chi connectivity index (χ2n) is 6.23. The van der Waals surface area contributed by atoms with Crippen LogP contribution in [0.15, 0.2) is 52.9 Å². The summed E-state index contributed by atoms with van der Waals surface area (Å²) in [5.41, 5.74) is 2.10. The van der Waals surface area contributed by atoms with Gasteiger partial charge in [-0.25, -0.2) is 4.39 Å². The summed E-state index contributed by atoms with van der Waals surface area (Å²) in [6, 6.07) is 14.2. The van der Waals surface area contributed by atoms with Crippen molar-refractivity contribution in [2.45, 2.75) is 12.8 Å². The minimum absolute atomic E-state index is 0.0668. The van der Waals surface area contributed by atoms with Gasteiger partial charge in [-0.1, -0.05) is 18.2 Å². The van der Waals surface area contributed by atoms with Crippen LogP contribution in [-0.4, -0.2) is 24.0 Å². The van der Waals surface area contributed by atoms with E-state index in [-0.39, 0.29) is 17.6 Å². The third kappa shape index (κ3) is 3.33. The lowest BCUT2D eigenvalue weighted by Crippen LogP contribution is -2.38. The van der Waals surface area contributed by atoms with Gasteiger partial charge in [0.2, 0.25) is 5.91 Å². The van der Waals surface area contributed by atoms with Crippen molar-refractivity contribution >= 4 is 28.7 Å². The monoisotopic (exact) mass is 339 g/mol. The number of hydrogen-bond acceptors (Lipinski definition) is 4. The van der Waals surface area contributed by atoms with E-state index in [1.807, 2.05) is 24.3 Å². The van der Waals surface area contributed by atoms with Gasteiger partial charge < -0.3 is 14.6 Å². The number of amides is 1. The number of benzene rings is 2. The van der Waals surface area contributed by atoms with Crippen LogP contribution in [0.4, 0.5) is 16.1 Å². The highest BCUT2D eigenvalue weighted by Gasteiger charge is 2.27. The third-order valence-corrected chi connectivity index (χ3v) is 4.51. The number of fused-ring (bicyclic) bond motifs is 1. The van der Waals surface area contributed by atoms with Crippen molar-refractivity contribution in [1.29, 1.82) is 0 Å². The van der Waals surface area contributed by atoms with Crippen molar-refractivity contribution in [3.63, 3.8) is 0 Å². The van der Waals surface area contributed by atoms with Gasteiger partial charge in [0.05, 0.1) is 0 Å². The zero-order valence-electron chi connectivity index (χ0n) is 13.6. The Bertz CT molecular complexity index is 867. The van der Waals surface area contributed by atoms with Gasteiger partial charge in [-0.15, -0.1) is 0 Å². The summed E-state index contributed by atoms with van der Waals surface area (Å²) in [6.07, 6.45) is 1.42. The molecule has 1 aliphatic rings. The zero-order chi connectivity index (χ0) is 17.2. The van der Waals surface area contributed by atoms with Gasteiger partial charge >= 0.3 is 0 Å². The van der Waals surface area contributed by atoms with E-state index >= 15 is 0 Å². The minimum atomic E-state index is -0.358. The summed E-state index contributed by atoms with van der Waals surface area (Å²) < 4.78 is 19.0. The second-order valence-corrected chi connectivity index (χ2v) is 6.23. The smallest absolute Gasteiger partial charge is 0.298 e. The van der Waals surface area contributed by atoms with Crippen LogP contribution in [-0.2, 0) is 4.79 Å². The van der Waals surface area contributed by atoms with Gasteiger partial charge in [0.25, 0.3) is 6.01 Å². The molecule has 0 bridgehead atoms. The molecule has 0 aliphatic carbocycles. The first-order valence-electron chi connectivity index (χ1n) is 8.36. The van der Waals surface area contributed by atoms with E-state index < -0.39 is 0 Å². The number of carbonyl (C=O) groups is 1. The molecular weight excluding hydrogens is 321 g/mol. The number of para-hydroxylation sites is 2. The molecule has 0 radical (unpaired) electrons. The summed E-state index contributed by atoms with van der Waals surface area (Å²) >= 11 is 0. The van der Waals surface area contributed by atoms with Gasteiger partial charge in [0, 0.05) is 24.7 Å². The molecular formula is C19H18FN3O2. The standard InChI is InChI=1S/C19H18FN3O2/c20-14-4-3-5-15(12-14)21-18(24)13-8-10-23(11-9-13)19-22-16-6-1-2-7-17(16)25-19/h1-7,12-13H,8-11H2,(H,21,24). The summed E-state index contributed by atoms with van der Waals surface area (Å²) in [4.78, 5) is 18.9. The number of hydrogen-bond donors (Lipinski definition) is 1. The normalized spacial score (nSPS) is 15.5. The highest BCUT2D eigenvalue weighted by Crippen LogP contribution is 2.27. The highest BCUT2D eigenvalue weighted by atomic mass is 19.1. The van der Waals surface area contributed by atoms with Crippen LogP contribution < -0.4 is 10.2 Å². The fourth-order valence-electron chi connectivity index (χ4n) is 3.14. The van der Waals surface area contributed by atoms with Gasteiger partial charge in [0.1, 0.15) is 11.3 Å². The SMILES string of the molecule is O=C(Nc1cccc(F)c1)C1CCN(c2nc3ccccc3o2)CC1. The fourth-order valence-corrected chi connectivity index (χ4v) is 3.14. The quantitative estimate of drug-likeness (QED) is 0.788. The van der Waals surface area contributed by atoms with E-state index in [4.69, 9.17) is 4.42 Å². The van der Waals surface area contributed by atoms with Crippen molar-refractivity contribution in [3.8, 4) is 0 Å². The van der Waals surface area contributed by atoms with Gasteiger partial charge in [-0.05, 0) is 43.2 Å². The predicted octanol–water partition coefficient (Wildman–Crippen LogP) is 3.82. The average molecular weight is 339 g/mol. The van der Waals surface area contributed by atoms with Crippen LogP contribution in [0.25, 0.3) is 11.1 Å². The topological polar surface area (TPSA) is 58.4 Å². The van der Waals surface area contributed by atoms with E-state index in [0.717, 1.165) is 11.1 Å². The number of anilines is 2. The van der Waals surface area contributed by atoms with Crippen LogP contribution in [0.5, 0.6) is 0 Å². The molecule has 1 fully saturated rings. The third-order valence-electron chi connectivity index (χ3n) is 4.51. The Morgan fingerprint density at radius 3 is 2.72 bits per heavy atom. The molecule has 128 valence electrons. The molecule has 1 amide bonds. The number of halogens is 1. The van der Waals surface area contributed by atoms with E-state index in [9.17, 15) is 9.18 Å². The molecule has 5 nitrogen and oxygen atoms in total. The van der Waals surface area contributed by atoms with Crippen molar-refractivity contribution in [2.75, 3.05) is 23.3 Å². The molecule has 6 heteroatoms. The number of piperidine rings is 1. The molecule has 0 spiro atoms. The van der Waals surface area contributed by atoms with Crippen molar-refractivity contribution < 1.29 is 13.6 Å². The maximum absolute atomic E-state index is 13.2.